The summed E-state index contributed by atoms with van der Waals surface area (Å²) in [5, 5.41) is 13.6. The van der Waals surface area contributed by atoms with E-state index in [0.29, 0.717) is 34.4 Å². The number of ketones is 2. The zero-order valence-corrected chi connectivity index (χ0v) is 21.6. The van der Waals surface area contributed by atoms with E-state index < -0.39 is 29.6 Å². The van der Waals surface area contributed by atoms with Gasteiger partial charge in [0, 0.05) is 46.2 Å². The van der Waals surface area contributed by atoms with Crippen LogP contribution in [0.5, 0.6) is 5.75 Å². The first kappa shape index (κ1) is 25.9. The van der Waals surface area contributed by atoms with Crippen LogP contribution < -0.4 is 10.1 Å². The molecule has 1 amide bonds. The van der Waals surface area contributed by atoms with E-state index in [4.69, 9.17) is 16.3 Å². The summed E-state index contributed by atoms with van der Waals surface area (Å²) < 4.78 is 20.0. The predicted molar refractivity (Wildman–Crippen MR) is 140 cm³/mol. The molecule has 2 aliphatic rings. The number of nitriles is 1. The van der Waals surface area contributed by atoms with Gasteiger partial charge in [-0.2, -0.15) is 5.26 Å². The third-order valence-electron chi connectivity index (χ3n) is 7.54. The molecule has 1 saturated carbocycles. The molecule has 38 heavy (non-hydrogen) atoms. The number of hydrogen-bond acceptors (Lipinski definition) is 5. The van der Waals surface area contributed by atoms with E-state index >= 15 is 0 Å². The van der Waals surface area contributed by atoms with Crippen molar-refractivity contribution in [3.63, 3.8) is 0 Å². The van der Waals surface area contributed by atoms with Gasteiger partial charge in [-0.3, -0.25) is 14.4 Å². The molecular weight excluding hydrogens is 509 g/mol. The van der Waals surface area contributed by atoms with Gasteiger partial charge in [-0.1, -0.05) is 30.5 Å². The Morgan fingerprint density at radius 1 is 1.26 bits per heavy atom. The molecular formula is C29H27ClFN3O4. The van der Waals surface area contributed by atoms with Crippen molar-refractivity contribution >= 4 is 40.0 Å². The number of nitrogens with zero attached hydrogens (tertiary/aromatic N) is 1. The number of carbonyl (C=O) groups excluding carboxylic acids is 3. The molecule has 0 saturated heterocycles. The van der Waals surface area contributed by atoms with Crippen molar-refractivity contribution in [3.8, 4) is 11.8 Å². The van der Waals surface area contributed by atoms with Gasteiger partial charge in [0.05, 0.1) is 18.9 Å². The number of hydrogen-bond donors (Lipinski definition) is 2. The molecule has 2 aliphatic carbocycles. The van der Waals surface area contributed by atoms with Crippen LogP contribution in [0, 0.1) is 29.0 Å². The zero-order valence-electron chi connectivity index (χ0n) is 20.9. The minimum atomic E-state index is -1.02. The topological polar surface area (TPSA) is 112 Å². The molecule has 0 spiro atoms. The Labute approximate surface area is 224 Å². The van der Waals surface area contributed by atoms with Gasteiger partial charge in [0.25, 0.3) is 0 Å². The summed E-state index contributed by atoms with van der Waals surface area (Å²) in [6.07, 6.45) is 2.45. The van der Waals surface area contributed by atoms with Gasteiger partial charge in [-0.15, -0.1) is 0 Å². The maximum absolute atomic E-state index is 14.6. The van der Waals surface area contributed by atoms with Crippen molar-refractivity contribution in [1.82, 2.24) is 10.3 Å². The lowest BCUT2D eigenvalue weighted by Crippen LogP contribution is -2.40. The van der Waals surface area contributed by atoms with Crippen LogP contribution in [0.15, 0.2) is 36.4 Å². The number of carbonyl (C=O) groups is 3. The first-order chi connectivity index (χ1) is 18.3. The molecule has 2 N–H and O–H groups in total. The Hall–Kier alpha value is -3.70. The summed E-state index contributed by atoms with van der Waals surface area (Å²) in [5.41, 5.74) is 1.79. The van der Waals surface area contributed by atoms with E-state index in [9.17, 15) is 24.0 Å². The number of aromatic nitrogens is 1. The number of amides is 1. The standard InChI is InChI=1S/C29H27ClFN3O4/c1-38-27-4-2-3-23-19(27)12-24(34-23)26(36)10-16(9-15-5-6-15)29(37)33-17(14-32)11-20-25(35)13-18-21(30)7-8-22(31)28(18)20/h2-4,7-8,12,15-17,20,34H,5-6,9-11,13H2,1H3,(H,33,37). The molecule has 7 nitrogen and oxygen atoms in total. The molecule has 3 unspecified atom stereocenters. The molecule has 0 radical (unpaired) electrons. The number of aromatic amines is 1. The fourth-order valence-electron chi connectivity index (χ4n) is 5.37. The average molecular weight is 536 g/mol. The summed E-state index contributed by atoms with van der Waals surface area (Å²) >= 11 is 6.17. The largest absolute Gasteiger partial charge is 0.496 e. The number of Topliss-reactive ketones (excluding diaryl/α,β-unsaturated/α-hetero) is 2. The first-order valence-corrected chi connectivity index (χ1v) is 13.0. The van der Waals surface area contributed by atoms with Crippen molar-refractivity contribution < 1.29 is 23.5 Å². The van der Waals surface area contributed by atoms with Gasteiger partial charge < -0.3 is 15.0 Å². The monoisotopic (exact) mass is 535 g/mol. The van der Waals surface area contributed by atoms with E-state index in [0.717, 1.165) is 23.7 Å². The maximum Gasteiger partial charge on any atom is 0.224 e. The quantitative estimate of drug-likeness (QED) is 0.344. The molecule has 2 aromatic carbocycles. The number of nitrogens with one attached hydrogen (secondary N) is 2. The summed E-state index contributed by atoms with van der Waals surface area (Å²) in [6.45, 7) is 0. The molecule has 1 heterocycles. The number of benzene rings is 2. The maximum atomic E-state index is 14.6. The van der Waals surface area contributed by atoms with Crippen LogP contribution in [-0.2, 0) is 16.0 Å². The lowest BCUT2D eigenvalue weighted by molar-refractivity contribution is -0.126. The van der Waals surface area contributed by atoms with Crippen molar-refractivity contribution in [1.29, 1.82) is 5.26 Å². The SMILES string of the molecule is COc1cccc2[nH]c(C(=O)CC(CC3CC3)C(=O)NC(C#N)CC3C(=O)Cc4c(Cl)ccc(F)c43)cc12. The smallest absolute Gasteiger partial charge is 0.224 e. The highest BCUT2D eigenvalue weighted by Gasteiger charge is 2.38. The lowest BCUT2D eigenvalue weighted by Gasteiger charge is -2.21. The molecule has 5 rings (SSSR count). The average Bonchev–Trinajstić information content (AvgIpc) is 3.51. The summed E-state index contributed by atoms with van der Waals surface area (Å²) in [4.78, 5) is 42.3. The van der Waals surface area contributed by atoms with Gasteiger partial charge in [-0.25, -0.2) is 4.39 Å². The highest BCUT2D eigenvalue weighted by atomic mass is 35.5. The Morgan fingerprint density at radius 3 is 2.76 bits per heavy atom. The minimum Gasteiger partial charge on any atom is -0.496 e. The minimum absolute atomic E-state index is 0.00319. The number of fused-ring (bicyclic) bond motifs is 2. The summed E-state index contributed by atoms with van der Waals surface area (Å²) in [7, 11) is 1.56. The van der Waals surface area contributed by atoms with Crippen molar-refractivity contribution in [3.05, 3.63) is 64.1 Å². The van der Waals surface area contributed by atoms with Gasteiger partial charge in [0.15, 0.2) is 5.78 Å². The lowest BCUT2D eigenvalue weighted by atomic mass is 9.91. The molecule has 1 fully saturated rings. The second-order valence-corrected chi connectivity index (χ2v) is 10.6. The Bertz CT molecular complexity index is 1470. The second-order valence-electron chi connectivity index (χ2n) is 10.2. The third-order valence-corrected chi connectivity index (χ3v) is 7.89. The molecule has 3 atom stereocenters. The zero-order chi connectivity index (χ0) is 27.0. The number of methoxy groups -OCH3 is 1. The summed E-state index contributed by atoms with van der Waals surface area (Å²) in [6, 6.07) is 10.9. The van der Waals surface area contributed by atoms with Crippen LogP contribution in [0.25, 0.3) is 10.9 Å². The van der Waals surface area contributed by atoms with E-state index in [-0.39, 0.29) is 36.4 Å². The highest BCUT2D eigenvalue weighted by Crippen LogP contribution is 2.40. The van der Waals surface area contributed by atoms with Crippen molar-refractivity contribution in [2.45, 2.75) is 50.5 Å². The molecule has 196 valence electrons. The number of ether oxygens (including phenoxy) is 1. The first-order valence-electron chi connectivity index (χ1n) is 12.7. The number of rotatable bonds is 10. The molecule has 0 aliphatic heterocycles. The molecule has 0 bridgehead atoms. The van der Waals surface area contributed by atoms with E-state index in [1.165, 1.54) is 12.1 Å². The van der Waals surface area contributed by atoms with Crippen LogP contribution in [0.3, 0.4) is 0 Å². The number of halogens is 2. The Balaban J connectivity index is 1.30. The van der Waals surface area contributed by atoms with E-state index in [1.807, 2.05) is 24.3 Å². The number of H-pyrrole nitrogens is 1. The Kier molecular flexibility index (Phi) is 7.22. The normalized spacial score (nSPS) is 18.1. The Morgan fingerprint density at radius 2 is 2.05 bits per heavy atom. The van der Waals surface area contributed by atoms with Crippen LogP contribution in [-0.4, -0.2) is 35.6 Å². The van der Waals surface area contributed by atoms with E-state index in [2.05, 4.69) is 10.3 Å². The van der Waals surface area contributed by atoms with Crippen LogP contribution in [0.1, 0.15) is 59.6 Å². The van der Waals surface area contributed by atoms with Gasteiger partial charge in [0.2, 0.25) is 5.91 Å². The van der Waals surface area contributed by atoms with E-state index in [1.54, 1.807) is 13.2 Å². The third kappa shape index (κ3) is 5.16. The van der Waals surface area contributed by atoms with Crippen LogP contribution in [0.4, 0.5) is 4.39 Å². The summed E-state index contributed by atoms with van der Waals surface area (Å²) in [5.74, 6) is -1.90. The van der Waals surface area contributed by atoms with Gasteiger partial charge in [-0.05, 0) is 54.7 Å². The predicted octanol–water partition coefficient (Wildman–Crippen LogP) is 5.27. The van der Waals surface area contributed by atoms with Crippen LogP contribution in [0.2, 0.25) is 5.02 Å². The fourth-order valence-corrected chi connectivity index (χ4v) is 5.60. The molecule has 3 aromatic rings. The highest BCUT2D eigenvalue weighted by molar-refractivity contribution is 6.32. The molecule has 9 heteroatoms. The van der Waals surface area contributed by atoms with Crippen molar-refractivity contribution in [2.75, 3.05) is 7.11 Å². The van der Waals surface area contributed by atoms with Crippen molar-refractivity contribution in [2.24, 2.45) is 11.8 Å². The van der Waals surface area contributed by atoms with Gasteiger partial charge >= 0.3 is 0 Å². The fraction of sp³-hybridized carbons (Fsp3) is 0.379. The van der Waals surface area contributed by atoms with Gasteiger partial charge in [0.1, 0.15) is 23.4 Å². The molecule has 1 aromatic heterocycles. The second kappa shape index (κ2) is 10.6. The van der Waals surface area contributed by atoms with Crippen LogP contribution >= 0.6 is 11.6 Å².